The molecule has 0 bridgehead atoms. The van der Waals surface area contributed by atoms with Crippen molar-refractivity contribution in [1.82, 2.24) is 9.29 Å². The van der Waals surface area contributed by atoms with Crippen molar-refractivity contribution < 1.29 is 17.9 Å². The van der Waals surface area contributed by atoms with Crippen LogP contribution in [0.2, 0.25) is 0 Å². The van der Waals surface area contributed by atoms with Crippen LogP contribution in [0.1, 0.15) is 23.4 Å². The minimum atomic E-state index is -3.57. The molecule has 3 aromatic rings. The topological polar surface area (TPSA) is 88.6 Å². The van der Waals surface area contributed by atoms with Crippen molar-refractivity contribution >= 4 is 43.2 Å². The zero-order chi connectivity index (χ0) is 21.6. The van der Waals surface area contributed by atoms with Crippen molar-refractivity contribution in [1.29, 1.82) is 0 Å². The van der Waals surface area contributed by atoms with Crippen LogP contribution in [0.5, 0.6) is 5.75 Å². The number of carbonyl (C=O) groups excluding carboxylic acids is 1. The molecule has 3 heterocycles. The minimum absolute atomic E-state index is 0.0713. The van der Waals surface area contributed by atoms with Crippen molar-refractivity contribution in [2.24, 2.45) is 5.92 Å². The lowest BCUT2D eigenvalue weighted by Crippen LogP contribution is -2.41. The van der Waals surface area contributed by atoms with E-state index in [2.05, 4.69) is 10.3 Å². The Labute approximate surface area is 185 Å². The molecule has 0 aliphatic carbocycles. The van der Waals surface area contributed by atoms with Gasteiger partial charge in [-0.1, -0.05) is 0 Å². The van der Waals surface area contributed by atoms with E-state index in [0.717, 1.165) is 38.6 Å². The van der Waals surface area contributed by atoms with Crippen LogP contribution in [-0.2, 0) is 21.2 Å². The fourth-order valence-electron chi connectivity index (χ4n) is 4.20. The van der Waals surface area contributed by atoms with E-state index >= 15 is 0 Å². The number of rotatable bonds is 4. The highest BCUT2D eigenvalue weighted by molar-refractivity contribution is 7.89. The van der Waals surface area contributed by atoms with Crippen LogP contribution in [0.4, 0.5) is 5.69 Å². The number of carbonyl (C=O) groups is 1. The maximum Gasteiger partial charge on any atom is 0.243 e. The van der Waals surface area contributed by atoms with Crippen LogP contribution < -0.4 is 10.1 Å². The van der Waals surface area contributed by atoms with E-state index in [0.29, 0.717) is 37.4 Å². The first kappa shape index (κ1) is 20.4. The highest BCUT2D eigenvalue weighted by Gasteiger charge is 2.32. The van der Waals surface area contributed by atoms with Gasteiger partial charge in [0.1, 0.15) is 5.75 Å². The second kappa shape index (κ2) is 7.89. The molecule has 1 fully saturated rings. The number of ether oxygens (including phenoxy) is 1. The van der Waals surface area contributed by atoms with Gasteiger partial charge in [0.2, 0.25) is 15.9 Å². The van der Waals surface area contributed by atoms with Gasteiger partial charge in [0.05, 0.1) is 26.7 Å². The molecule has 31 heavy (non-hydrogen) atoms. The first-order valence-electron chi connectivity index (χ1n) is 10.3. The van der Waals surface area contributed by atoms with Gasteiger partial charge in [-0.15, -0.1) is 11.3 Å². The number of piperidine rings is 1. The van der Waals surface area contributed by atoms with Crippen LogP contribution in [0.25, 0.3) is 10.2 Å². The summed E-state index contributed by atoms with van der Waals surface area (Å²) in [6.45, 7) is 3.21. The van der Waals surface area contributed by atoms with Gasteiger partial charge in [-0.25, -0.2) is 13.4 Å². The number of aryl methyl sites for hydroxylation is 1. The van der Waals surface area contributed by atoms with E-state index in [4.69, 9.17) is 4.74 Å². The van der Waals surface area contributed by atoms with Gasteiger partial charge < -0.3 is 10.1 Å². The Kier molecular flexibility index (Phi) is 5.19. The number of aromatic nitrogens is 1. The number of fused-ring (bicyclic) bond motifs is 2. The molecule has 1 amide bonds. The summed E-state index contributed by atoms with van der Waals surface area (Å²) in [5, 5.41) is 3.96. The third kappa shape index (κ3) is 3.93. The molecule has 0 saturated carbocycles. The van der Waals surface area contributed by atoms with E-state index in [1.165, 1.54) is 4.31 Å². The maximum absolute atomic E-state index is 13.1. The summed E-state index contributed by atoms with van der Waals surface area (Å²) >= 11 is 1.62. The van der Waals surface area contributed by atoms with E-state index in [1.807, 2.05) is 25.1 Å². The van der Waals surface area contributed by atoms with Crippen molar-refractivity contribution in [3.05, 3.63) is 47.0 Å². The van der Waals surface area contributed by atoms with E-state index in [1.54, 1.807) is 29.5 Å². The zero-order valence-electron chi connectivity index (χ0n) is 17.1. The van der Waals surface area contributed by atoms with Gasteiger partial charge in [0.15, 0.2) is 0 Å². The van der Waals surface area contributed by atoms with Crippen molar-refractivity contribution in [2.45, 2.75) is 31.1 Å². The van der Waals surface area contributed by atoms with Gasteiger partial charge in [-0.05, 0) is 61.7 Å². The van der Waals surface area contributed by atoms with Crippen molar-refractivity contribution in [2.75, 3.05) is 25.0 Å². The molecular weight excluding hydrogens is 434 g/mol. The molecule has 5 rings (SSSR count). The SMILES string of the molecule is Cc1nc2cc(NC(=O)C3CCN(S(=O)(=O)c4ccc5c(c4)CCO5)CC3)ccc2s1. The Bertz CT molecular complexity index is 1260. The number of sulfonamides is 1. The normalized spacial score (nSPS) is 17.5. The first-order valence-corrected chi connectivity index (χ1v) is 12.6. The van der Waals surface area contributed by atoms with Gasteiger partial charge in [0, 0.05) is 31.1 Å². The lowest BCUT2D eigenvalue weighted by Gasteiger charge is -2.30. The molecule has 0 atom stereocenters. The number of benzene rings is 2. The molecule has 0 unspecified atom stereocenters. The summed E-state index contributed by atoms with van der Waals surface area (Å²) in [6.07, 6.45) is 1.72. The molecule has 0 radical (unpaired) electrons. The van der Waals surface area contributed by atoms with Gasteiger partial charge in [0.25, 0.3) is 0 Å². The fraction of sp³-hybridized carbons (Fsp3) is 0.364. The molecule has 0 spiro atoms. The quantitative estimate of drug-likeness (QED) is 0.647. The predicted molar refractivity (Wildman–Crippen MR) is 120 cm³/mol. The first-order chi connectivity index (χ1) is 14.9. The Balaban J connectivity index is 1.23. The maximum atomic E-state index is 13.1. The number of nitrogens with zero attached hydrogens (tertiary/aromatic N) is 2. The smallest absolute Gasteiger partial charge is 0.243 e. The van der Waals surface area contributed by atoms with Gasteiger partial charge in [-0.3, -0.25) is 4.79 Å². The van der Waals surface area contributed by atoms with E-state index in [9.17, 15) is 13.2 Å². The molecule has 1 N–H and O–H groups in total. The Morgan fingerprint density at radius 1 is 1.19 bits per heavy atom. The summed E-state index contributed by atoms with van der Waals surface area (Å²) in [5.74, 6) is 0.478. The van der Waals surface area contributed by atoms with Crippen LogP contribution in [0.15, 0.2) is 41.3 Å². The number of hydrogen-bond acceptors (Lipinski definition) is 6. The van der Waals surface area contributed by atoms with Crippen LogP contribution in [-0.4, -0.2) is 43.3 Å². The highest BCUT2D eigenvalue weighted by atomic mass is 32.2. The lowest BCUT2D eigenvalue weighted by molar-refractivity contribution is -0.120. The Morgan fingerprint density at radius 3 is 2.81 bits per heavy atom. The molecule has 7 nitrogen and oxygen atoms in total. The number of amides is 1. The zero-order valence-corrected chi connectivity index (χ0v) is 18.8. The van der Waals surface area contributed by atoms with Crippen LogP contribution >= 0.6 is 11.3 Å². The molecule has 2 aliphatic rings. The van der Waals surface area contributed by atoms with Crippen LogP contribution in [0.3, 0.4) is 0 Å². The molecule has 2 aromatic carbocycles. The Hall–Kier alpha value is -2.49. The number of thiazole rings is 1. The Morgan fingerprint density at radius 2 is 2.00 bits per heavy atom. The lowest BCUT2D eigenvalue weighted by atomic mass is 9.97. The molecule has 9 heteroatoms. The molecule has 1 aromatic heterocycles. The van der Waals surface area contributed by atoms with Gasteiger partial charge in [-0.2, -0.15) is 4.31 Å². The summed E-state index contributed by atoms with van der Waals surface area (Å²) in [4.78, 5) is 17.5. The second-order valence-corrected chi connectivity index (χ2v) is 11.1. The molecule has 1 saturated heterocycles. The minimum Gasteiger partial charge on any atom is -0.493 e. The average Bonchev–Trinajstić information content (AvgIpc) is 3.38. The number of nitrogens with one attached hydrogen (secondary N) is 1. The van der Waals surface area contributed by atoms with Gasteiger partial charge >= 0.3 is 0 Å². The monoisotopic (exact) mass is 457 g/mol. The third-order valence-electron chi connectivity index (χ3n) is 5.89. The van der Waals surface area contributed by atoms with Crippen molar-refractivity contribution in [3.8, 4) is 5.75 Å². The predicted octanol–water partition coefficient (Wildman–Crippen LogP) is 3.58. The molecular formula is C22H23N3O4S2. The summed E-state index contributed by atoms with van der Waals surface area (Å²) in [6, 6.07) is 10.8. The van der Waals surface area contributed by atoms with E-state index in [-0.39, 0.29) is 11.8 Å². The standard InChI is InChI=1S/C22H23N3O4S2/c1-14-23-19-13-17(2-5-21(19)30-14)24-22(26)15-6-9-25(10-7-15)31(27,28)18-3-4-20-16(12-18)8-11-29-20/h2-5,12-13,15H,6-11H2,1H3,(H,24,26). The average molecular weight is 458 g/mol. The van der Waals surface area contributed by atoms with Crippen LogP contribution in [0, 0.1) is 12.8 Å². The number of anilines is 1. The summed E-state index contributed by atoms with van der Waals surface area (Å²) < 4.78 is 34.2. The molecule has 162 valence electrons. The highest BCUT2D eigenvalue weighted by Crippen LogP contribution is 2.31. The summed E-state index contributed by atoms with van der Waals surface area (Å²) in [7, 11) is -3.57. The summed E-state index contributed by atoms with van der Waals surface area (Å²) in [5.41, 5.74) is 2.53. The molecule has 2 aliphatic heterocycles. The third-order valence-corrected chi connectivity index (χ3v) is 8.73. The van der Waals surface area contributed by atoms with E-state index < -0.39 is 10.0 Å². The fourth-order valence-corrected chi connectivity index (χ4v) is 6.52. The largest absolute Gasteiger partial charge is 0.493 e. The number of hydrogen-bond donors (Lipinski definition) is 1. The van der Waals surface area contributed by atoms with Crippen molar-refractivity contribution in [3.63, 3.8) is 0 Å². The second-order valence-electron chi connectivity index (χ2n) is 7.95.